The summed E-state index contributed by atoms with van der Waals surface area (Å²) in [7, 11) is 0. The largest absolute Gasteiger partial charge is 0.326 e. The van der Waals surface area contributed by atoms with Gasteiger partial charge in [0.25, 0.3) is 0 Å². The molecule has 1 fully saturated rings. The summed E-state index contributed by atoms with van der Waals surface area (Å²) in [4.78, 5) is 12.1. The van der Waals surface area contributed by atoms with Gasteiger partial charge in [-0.2, -0.15) is 0 Å². The first-order valence-corrected chi connectivity index (χ1v) is 7.77. The Hall–Kier alpha value is -0.480. The average molecular weight is 352 g/mol. The summed E-state index contributed by atoms with van der Waals surface area (Å²) in [6.45, 7) is 4.28. The molecule has 0 aromatic heterocycles. The van der Waals surface area contributed by atoms with E-state index in [9.17, 15) is 4.79 Å². The molecule has 21 heavy (non-hydrogen) atoms. The van der Waals surface area contributed by atoms with E-state index < -0.39 is 0 Å². The lowest BCUT2D eigenvalue weighted by atomic mass is 9.84. The molecule has 0 aliphatic carbocycles. The Bertz CT molecular complexity index is 476. The Labute approximate surface area is 142 Å². The van der Waals surface area contributed by atoms with Crippen molar-refractivity contribution in [1.29, 1.82) is 0 Å². The molecule has 1 atom stereocenters. The molecule has 1 aromatic rings. The van der Waals surface area contributed by atoms with Gasteiger partial charge in [0.15, 0.2) is 0 Å². The summed E-state index contributed by atoms with van der Waals surface area (Å²) in [5.74, 6) is 1.07. The molecule has 118 valence electrons. The number of carbonyl (C=O) groups excluding carboxylic acids is 1. The van der Waals surface area contributed by atoms with E-state index in [0.29, 0.717) is 34.0 Å². The van der Waals surface area contributed by atoms with Gasteiger partial charge < -0.3 is 10.6 Å². The number of benzene rings is 1. The van der Waals surface area contributed by atoms with Crippen molar-refractivity contribution in [1.82, 2.24) is 5.32 Å². The standard InChI is InChI=1S/C15H20Cl2N2O.ClH/c1-10(11-4-6-18-7-5-11)8-15(20)19-12-2-3-13(16)14(17)9-12;/h2-3,9-11,18H,4-8H2,1H3,(H,19,20);1H. The van der Waals surface area contributed by atoms with E-state index in [2.05, 4.69) is 17.6 Å². The van der Waals surface area contributed by atoms with E-state index >= 15 is 0 Å². The van der Waals surface area contributed by atoms with Gasteiger partial charge in [0.1, 0.15) is 0 Å². The van der Waals surface area contributed by atoms with E-state index in [0.717, 1.165) is 25.9 Å². The summed E-state index contributed by atoms with van der Waals surface area (Å²) in [6, 6.07) is 5.13. The molecule has 1 aromatic carbocycles. The van der Waals surface area contributed by atoms with Crippen LogP contribution in [0.25, 0.3) is 0 Å². The molecular weight excluding hydrogens is 331 g/mol. The second-order valence-electron chi connectivity index (χ2n) is 5.45. The van der Waals surface area contributed by atoms with Crippen molar-refractivity contribution >= 4 is 47.2 Å². The maximum absolute atomic E-state index is 12.1. The first-order chi connectivity index (χ1) is 9.56. The van der Waals surface area contributed by atoms with Crippen LogP contribution in [0.2, 0.25) is 10.0 Å². The van der Waals surface area contributed by atoms with Crippen LogP contribution < -0.4 is 10.6 Å². The third-order valence-corrected chi connectivity index (χ3v) is 4.64. The van der Waals surface area contributed by atoms with Crippen LogP contribution in [0.3, 0.4) is 0 Å². The number of anilines is 1. The highest BCUT2D eigenvalue weighted by Gasteiger charge is 2.22. The first kappa shape index (κ1) is 18.6. The summed E-state index contributed by atoms with van der Waals surface area (Å²) < 4.78 is 0. The monoisotopic (exact) mass is 350 g/mol. The molecule has 6 heteroatoms. The molecule has 1 aliphatic heterocycles. The van der Waals surface area contributed by atoms with E-state index in [1.807, 2.05) is 0 Å². The lowest BCUT2D eigenvalue weighted by molar-refractivity contribution is -0.117. The fourth-order valence-electron chi connectivity index (χ4n) is 2.66. The van der Waals surface area contributed by atoms with Crippen LogP contribution in [0.5, 0.6) is 0 Å². The molecule has 3 nitrogen and oxygen atoms in total. The number of nitrogens with one attached hydrogen (secondary N) is 2. The minimum Gasteiger partial charge on any atom is -0.326 e. The van der Waals surface area contributed by atoms with Gasteiger partial charge in [-0.3, -0.25) is 4.79 Å². The highest BCUT2D eigenvalue weighted by Crippen LogP contribution is 2.27. The number of piperidine rings is 1. The zero-order chi connectivity index (χ0) is 14.5. The van der Waals surface area contributed by atoms with E-state index in [-0.39, 0.29) is 18.3 Å². The van der Waals surface area contributed by atoms with E-state index in [1.165, 1.54) is 0 Å². The second-order valence-corrected chi connectivity index (χ2v) is 6.26. The molecule has 0 spiro atoms. The van der Waals surface area contributed by atoms with Crippen LogP contribution in [0.1, 0.15) is 26.2 Å². The Kier molecular flexibility index (Phi) is 7.82. The molecule has 2 N–H and O–H groups in total. The lowest BCUT2D eigenvalue weighted by Crippen LogP contribution is -2.32. The molecule has 0 radical (unpaired) electrons. The van der Waals surface area contributed by atoms with Crippen molar-refractivity contribution in [3.05, 3.63) is 28.2 Å². The third kappa shape index (κ3) is 5.67. The highest BCUT2D eigenvalue weighted by molar-refractivity contribution is 6.42. The van der Waals surface area contributed by atoms with Gasteiger partial charge in [-0.25, -0.2) is 0 Å². The third-order valence-electron chi connectivity index (χ3n) is 3.90. The smallest absolute Gasteiger partial charge is 0.224 e. The molecular formula is C15H21Cl3N2O. The van der Waals surface area contributed by atoms with Crippen LogP contribution in [0.15, 0.2) is 18.2 Å². The molecule has 2 rings (SSSR count). The minimum atomic E-state index is 0. The topological polar surface area (TPSA) is 41.1 Å². The van der Waals surface area contributed by atoms with Crippen LogP contribution in [-0.4, -0.2) is 19.0 Å². The van der Waals surface area contributed by atoms with Crippen molar-refractivity contribution in [3.8, 4) is 0 Å². The zero-order valence-corrected chi connectivity index (χ0v) is 14.3. The molecule has 0 bridgehead atoms. The van der Waals surface area contributed by atoms with Crippen molar-refractivity contribution in [2.24, 2.45) is 11.8 Å². The predicted octanol–water partition coefficient (Wildman–Crippen LogP) is 4.38. The number of rotatable bonds is 4. The summed E-state index contributed by atoms with van der Waals surface area (Å²) in [5, 5.41) is 7.18. The van der Waals surface area contributed by atoms with Crippen LogP contribution in [0.4, 0.5) is 5.69 Å². The Morgan fingerprint density at radius 2 is 2.00 bits per heavy atom. The van der Waals surface area contributed by atoms with Crippen molar-refractivity contribution in [2.75, 3.05) is 18.4 Å². The van der Waals surface area contributed by atoms with Crippen molar-refractivity contribution in [3.63, 3.8) is 0 Å². The number of carbonyl (C=O) groups is 1. The predicted molar refractivity (Wildman–Crippen MR) is 91.7 cm³/mol. The van der Waals surface area contributed by atoms with Crippen LogP contribution >= 0.6 is 35.6 Å². The summed E-state index contributed by atoms with van der Waals surface area (Å²) in [5.41, 5.74) is 0.696. The number of hydrogen-bond donors (Lipinski definition) is 2. The van der Waals surface area contributed by atoms with Crippen molar-refractivity contribution < 1.29 is 4.79 Å². The molecule has 1 heterocycles. The molecule has 1 aliphatic rings. The highest BCUT2D eigenvalue weighted by atomic mass is 35.5. The van der Waals surface area contributed by atoms with E-state index in [4.69, 9.17) is 23.2 Å². The summed E-state index contributed by atoms with van der Waals surface area (Å²) in [6.07, 6.45) is 2.85. The Morgan fingerprint density at radius 1 is 1.33 bits per heavy atom. The average Bonchev–Trinajstić information content (AvgIpc) is 2.44. The minimum absolute atomic E-state index is 0. The number of hydrogen-bond acceptors (Lipinski definition) is 2. The Balaban J connectivity index is 0.00000220. The number of halogens is 3. The van der Waals surface area contributed by atoms with Crippen molar-refractivity contribution in [2.45, 2.75) is 26.2 Å². The van der Waals surface area contributed by atoms with Gasteiger partial charge in [-0.15, -0.1) is 12.4 Å². The zero-order valence-electron chi connectivity index (χ0n) is 12.0. The van der Waals surface area contributed by atoms with Crippen LogP contribution in [-0.2, 0) is 4.79 Å². The fraction of sp³-hybridized carbons (Fsp3) is 0.533. The SMILES string of the molecule is CC(CC(=O)Nc1ccc(Cl)c(Cl)c1)C1CCNCC1.Cl. The van der Waals surface area contributed by atoms with Gasteiger partial charge in [0.2, 0.25) is 5.91 Å². The van der Waals surface area contributed by atoms with Gasteiger partial charge in [-0.1, -0.05) is 30.1 Å². The quantitative estimate of drug-likeness (QED) is 0.845. The van der Waals surface area contributed by atoms with E-state index in [1.54, 1.807) is 18.2 Å². The normalized spacial score (nSPS) is 16.9. The molecule has 1 unspecified atom stereocenters. The molecule has 1 amide bonds. The Morgan fingerprint density at radius 3 is 2.62 bits per heavy atom. The number of amides is 1. The summed E-state index contributed by atoms with van der Waals surface area (Å²) >= 11 is 11.8. The maximum Gasteiger partial charge on any atom is 0.224 e. The second kappa shape index (κ2) is 8.84. The maximum atomic E-state index is 12.1. The molecule has 1 saturated heterocycles. The van der Waals surface area contributed by atoms with Gasteiger partial charge in [0.05, 0.1) is 10.0 Å². The fourth-order valence-corrected chi connectivity index (χ4v) is 2.96. The van der Waals surface area contributed by atoms with Gasteiger partial charge >= 0.3 is 0 Å². The lowest BCUT2D eigenvalue weighted by Gasteiger charge is -2.27. The molecule has 0 saturated carbocycles. The van der Waals surface area contributed by atoms with Gasteiger partial charge in [0, 0.05) is 12.1 Å². The van der Waals surface area contributed by atoms with Crippen LogP contribution in [0, 0.1) is 11.8 Å². The van der Waals surface area contributed by atoms with Gasteiger partial charge in [-0.05, 0) is 56.0 Å². The first-order valence-electron chi connectivity index (χ1n) is 7.02.